The van der Waals surface area contributed by atoms with Crippen molar-refractivity contribution in [2.75, 3.05) is 88.2 Å². The molecule has 426 valence electrons. The number of rotatable bonds is 12. The number of piperazine rings is 1. The molecule has 3 aliphatic heterocycles. The number of hydrogen-bond donors (Lipinski definition) is 3. The van der Waals surface area contributed by atoms with Crippen molar-refractivity contribution < 1.29 is 81.2 Å². The number of fused-ring (bicyclic) bond motifs is 5. The summed E-state index contributed by atoms with van der Waals surface area (Å²) in [6.07, 6.45) is 1.88. The molecule has 0 aromatic heterocycles. The Morgan fingerprint density at radius 1 is 0.848 bits per heavy atom. The minimum absolute atomic E-state index is 0.00590. The maximum Gasteiger partial charge on any atom is 0.410 e. The summed E-state index contributed by atoms with van der Waals surface area (Å²) in [4.78, 5) is 85.8. The summed E-state index contributed by atoms with van der Waals surface area (Å²) in [7, 11) is 7.47. The zero-order chi connectivity index (χ0) is 56.8. The van der Waals surface area contributed by atoms with Crippen LogP contribution in [0.25, 0.3) is 0 Å². The molecule has 2 aromatic rings. The Labute approximate surface area is 459 Å². The second-order valence-corrected chi connectivity index (χ2v) is 20.8. The number of ketones is 3. The number of nitrogens with two attached hydrogens (primary N) is 1. The lowest BCUT2D eigenvalue weighted by Gasteiger charge is -2.40. The van der Waals surface area contributed by atoms with Crippen LogP contribution in [-0.4, -0.2) is 163 Å². The van der Waals surface area contributed by atoms with Crippen molar-refractivity contribution in [1.82, 2.24) is 15.1 Å². The number of amides is 2. The molecule has 79 heavy (non-hydrogen) atoms. The third-order valence-corrected chi connectivity index (χ3v) is 15.8. The van der Waals surface area contributed by atoms with Crippen LogP contribution in [-0.2, 0) is 42.9 Å². The van der Waals surface area contributed by atoms with Gasteiger partial charge in [0.25, 0.3) is 0 Å². The fraction of sp³-hybridized carbons (Fsp3) is 0.517. The summed E-state index contributed by atoms with van der Waals surface area (Å²) >= 11 is 0. The van der Waals surface area contributed by atoms with E-state index in [1.54, 1.807) is 50.0 Å². The van der Waals surface area contributed by atoms with Crippen molar-refractivity contribution in [2.45, 2.75) is 83.4 Å². The second kappa shape index (κ2) is 25.3. The first kappa shape index (κ1) is 58.0. The first-order chi connectivity index (χ1) is 37.9. The van der Waals surface area contributed by atoms with Crippen LogP contribution in [0.4, 0.5) is 9.59 Å². The molecule has 0 unspecified atom stereocenters. The van der Waals surface area contributed by atoms with Gasteiger partial charge < -0.3 is 68.4 Å². The Kier molecular flexibility index (Phi) is 18.6. The average Bonchev–Trinajstić information content (AvgIpc) is 4.07. The predicted octanol–water partition coefficient (Wildman–Crippen LogP) is 5.42. The van der Waals surface area contributed by atoms with Gasteiger partial charge >= 0.3 is 18.2 Å². The van der Waals surface area contributed by atoms with Gasteiger partial charge in [0, 0.05) is 94.4 Å². The molecule has 10 atom stereocenters. The van der Waals surface area contributed by atoms with E-state index in [0.717, 1.165) is 0 Å². The average molecular weight is 1100 g/mol. The van der Waals surface area contributed by atoms with Gasteiger partial charge in [-0.25, -0.2) is 9.59 Å². The molecule has 21 heteroatoms. The largest absolute Gasteiger partial charge is 0.493 e. The van der Waals surface area contributed by atoms with E-state index in [9.17, 15) is 33.9 Å². The van der Waals surface area contributed by atoms with Crippen LogP contribution in [0.2, 0.25) is 0 Å². The molecule has 6 aliphatic rings. The van der Waals surface area contributed by atoms with Crippen molar-refractivity contribution in [2.24, 2.45) is 29.4 Å². The van der Waals surface area contributed by atoms with Crippen molar-refractivity contribution in [3.8, 4) is 28.7 Å². The Morgan fingerprint density at radius 2 is 1.53 bits per heavy atom. The predicted molar refractivity (Wildman–Crippen MR) is 285 cm³/mol. The molecule has 0 spiro atoms. The van der Waals surface area contributed by atoms with Crippen LogP contribution in [0.15, 0.2) is 82.6 Å². The molecule has 2 bridgehead atoms. The van der Waals surface area contributed by atoms with Gasteiger partial charge in [0.2, 0.25) is 18.3 Å². The first-order valence-corrected chi connectivity index (χ1v) is 26.5. The van der Waals surface area contributed by atoms with Crippen LogP contribution >= 0.6 is 0 Å². The van der Waals surface area contributed by atoms with Gasteiger partial charge in [-0.3, -0.25) is 24.1 Å². The van der Waals surface area contributed by atoms with E-state index in [0.29, 0.717) is 95.7 Å². The van der Waals surface area contributed by atoms with E-state index >= 15 is 0 Å². The number of carbonyl (C=O) groups excluding carboxylic acids is 6. The maximum absolute atomic E-state index is 14.4. The molecule has 8 rings (SSSR count). The number of aliphatic hydroxyl groups excluding tert-OH is 1. The van der Waals surface area contributed by atoms with Crippen molar-refractivity contribution in [3.63, 3.8) is 0 Å². The van der Waals surface area contributed by atoms with E-state index in [4.69, 9.17) is 53.1 Å². The fourth-order valence-electron chi connectivity index (χ4n) is 11.6. The third-order valence-electron chi connectivity index (χ3n) is 15.8. The molecule has 0 radical (unpaired) electrons. The van der Waals surface area contributed by atoms with Crippen LogP contribution in [0.1, 0.15) is 75.7 Å². The summed E-state index contributed by atoms with van der Waals surface area (Å²) < 4.78 is 57.7. The molecule has 0 saturated carbocycles. The van der Waals surface area contributed by atoms with Gasteiger partial charge in [-0.1, -0.05) is 38.2 Å². The van der Waals surface area contributed by atoms with Gasteiger partial charge in [0.05, 0.1) is 51.8 Å². The number of Topliss-reactive ketones (excluding diaryl/α,β-unsaturated/α-hetero) is 2. The number of nitrogens with zero attached hydrogens (tertiary/aromatic N) is 2. The number of primary amides is 1. The number of allylic oxidation sites excluding steroid dienone is 6. The summed E-state index contributed by atoms with van der Waals surface area (Å²) in [6.45, 7) is 9.37. The van der Waals surface area contributed by atoms with E-state index in [1.807, 2.05) is 31.2 Å². The normalized spacial score (nSPS) is 29.4. The number of cyclic esters (lactones) is 1. The molecule has 2 saturated heterocycles. The van der Waals surface area contributed by atoms with Crippen molar-refractivity contribution >= 4 is 35.5 Å². The number of methoxy groups -OCH3 is 5. The smallest absolute Gasteiger partial charge is 0.410 e. The number of hydrogen-bond acceptors (Lipinski definition) is 19. The topological polar surface area (TPSA) is 259 Å². The summed E-state index contributed by atoms with van der Waals surface area (Å²) in [6, 6.07) is 7.26. The fourth-order valence-corrected chi connectivity index (χ4v) is 11.6. The number of ether oxygens (including phenoxy) is 10. The van der Waals surface area contributed by atoms with Gasteiger partial charge in [-0.15, -0.1) is 0 Å². The lowest BCUT2D eigenvalue weighted by atomic mass is 9.66. The zero-order valence-electron chi connectivity index (χ0n) is 46.2. The minimum Gasteiger partial charge on any atom is -0.493 e. The van der Waals surface area contributed by atoms with E-state index in [2.05, 4.69) is 10.2 Å². The number of benzene rings is 2. The molecule has 4 N–H and O–H groups in total. The molecule has 3 aliphatic carbocycles. The number of esters is 1. The van der Waals surface area contributed by atoms with E-state index in [-0.39, 0.29) is 61.3 Å². The van der Waals surface area contributed by atoms with Crippen LogP contribution in [0.3, 0.4) is 0 Å². The number of nitrogens with one attached hydrogen (secondary N) is 1. The van der Waals surface area contributed by atoms with Gasteiger partial charge in [0.15, 0.2) is 40.7 Å². The van der Waals surface area contributed by atoms with Gasteiger partial charge in [-0.05, 0) is 85.2 Å². The Balaban J connectivity index is 0.961. The molecule has 21 nitrogen and oxygen atoms in total. The minimum atomic E-state index is -1.03. The maximum atomic E-state index is 14.4. The van der Waals surface area contributed by atoms with Crippen molar-refractivity contribution in [3.05, 3.63) is 99.3 Å². The number of carbonyl (C=O) groups is 6. The quantitative estimate of drug-likeness (QED) is 0.104. The van der Waals surface area contributed by atoms with Crippen LogP contribution < -0.4 is 34.7 Å². The molecular weight excluding hydrogens is 1020 g/mol. The monoisotopic (exact) mass is 1100 g/mol. The van der Waals surface area contributed by atoms with Gasteiger partial charge in [-0.2, -0.15) is 0 Å². The zero-order valence-corrected chi connectivity index (χ0v) is 46.2. The Morgan fingerprint density at radius 3 is 2.16 bits per heavy atom. The standard InChI is InChI=1S/C58H72N4O17/c1-30-19-38-50(41(64)23-35(52(38)66)22-40(63)31(2)11-10-12-42(70-5)53(78-57(59)68)33(4)21-32(3)51(65)45(20-30)71-6)60-13-14-61-15-17-62(18-16-61)58(69)79-54-37-27-44-43(76-29-77-44)26-36(37)48(49-39(54)28-75-56(49)67)34-24-46(72-7)55(74-9)47(25-34)73-8/h10-12,21,23-27,30,32,39,42,45,48-49,51,53-54,60,65H,13-20,22,28-29H2,1-9H3,(H2,59,68)/b12-10-,31-11+,33-21+/t30-,32+,39+,42+,45+,48-,49+,51+,53+,54-/m1/s1. The lowest BCUT2D eigenvalue weighted by Crippen LogP contribution is -2.51. The highest BCUT2D eigenvalue weighted by molar-refractivity contribution is 6.24. The summed E-state index contributed by atoms with van der Waals surface area (Å²) in [5.74, 6) is -2.13. The molecule has 3 heterocycles. The third kappa shape index (κ3) is 12.5. The first-order valence-electron chi connectivity index (χ1n) is 26.5. The number of aliphatic hydroxyl groups is 1. The highest BCUT2D eigenvalue weighted by Crippen LogP contribution is 2.56. The van der Waals surface area contributed by atoms with E-state index < -0.39 is 83.9 Å². The van der Waals surface area contributed by atoms with E-state index in [1.165, 1.54) is 41.6 Å². The molecule has 2 fully saturated rings. The second-order valence-electron chi connectivity index (χ2n) is 20.8. The Bertz CT molecular complexity index is 2820. The summed E-state index contributed by atoms with van der Waals surface area (Å²) in [5.41, 5.74) is 8.82. The van der Waals surface area contributed by atoms with Crippen LogP contribution in [0.5, 0.6) is 28.7 Å². The molecule has 2 aromatic carbocycles. The highest BCUT2D eigenvalue weighted by Gasteiger charge is 2.54. The Hall–Kier alpha value is -7.20. The lowest BCUT2D eigenvalue weighted by molar-refractivity contribution is -0.141. The van der Waals surface area contributed by atoms with Crippen LogP contribution in [0, 0.1) is 23.7 Å². The highest BCUT2D eigenvalue weighted by atomic mass is 16.7. The molecular formula is C58H72N4O17. The summed E-state index contributed by atoms with van der Waals surface area (Å²) in [5, 5.41) is 14.9. The SMILES string of the molecule is COc1cc([C@@H]2c3cc4c(cc3[C@@H](OC(=O)N3CCN(CCNC5=C6C[C@@H](C)C[C@H](OC)[C@@H](O)[C@@H](C)/C=C(\C)[C@H](OC(N)=O)[C@@H](OC)/C=C\C=C(/C)C(=O)CC(=CC5=O)C6=O)CC3)[C@H]3COC(=O)[C@H]23)OCO4)cc(OC)c1OC. The molecule has 2 amide bonds. The van der Waals surface area contributed by atoms with Crippen molar-refractivity contribution in [1.29, 1.82) is 0 Å². The van der Waals surface area contributed by atoms with Gasteiger partial charge in [0.1, 0.15) is 12.2 Å².